The van der Waals surface area contributed by atoms with E-state index in [1.165, 1.54) is 11.3 Å². The number of rotatable bonds is 3. The maximum atomic E-state index is 12.6. The molecule has 2 aromatic heterocycles. The number of anilines is 1. The predicted molar refractivity (Wildman–Crippen MR) is 88.3 cm³/mol. The van der Waals surface area contributed by atoms with Crippen LogP contribution >= 0.6 is 11.3 Å². The molecule has 1 aliphatic heterocycles. The average Bonchev–Trinajstić information content (AvgIpc) is 2.93. The Bertz CT molecular complexity index is 710. The third-order valence-electron chi connectivity index (χ3n) is 3.77. The SMILES string of the molecule is COc1ccnc(N2CCN(C(=O)c3sc(C)nc3C)CC2)n1. The van der Waals surface area contributed by atoms with Gasteiger partial charge in [-0.05, 0) is 13.8 Å². The number of amides is 1. The summed E-state index contributed by atoms with van der Waals surface area (Å²) in [5.74, 6) is 1.25. The largest absolute Gasteiger partial charge is 0.481 e. The topological polar surface area (TPSA) is 71.5 Å². The molecule has 1 amide bonds. The van der Waals surface area contributed by atoms with Gasteiger partial charge in [-0.25, -0.2) is 9.97 Å². The van der Waals surface area contributed by atoms with Crippen LogP contribution in [-0.2, 0) is 0 Å². The first-order chi connectivity index (χ1) is 11.1. The Labute approximate surface area is 138 Å². The maximum Gasteiger partial charge on any atom is 0.265 e. The zero-order chi connectivity index (χ0) is 16.4. The zero-order valence-electron chi connectivity index (χ0n) is 13.4. The van der Waals surface area contributed by atoms with Crippen molar-refractivity contribution in [1.82, 2.24) is 19.9 Å². The van der Waals surface area contributed by atoms with Crippen LogP contribution in [0.2, 0.25) is 0 Å². The molecule has 122 valence electrons. The van der Waals surface area contributed by atoms with Crippen LogP contribution in [0.15, 0.2) is 12.3 Å². The molecule has 1 aliphatic rings. The molecule has 0 unspecified atom stereocenters. The minimum Gasteiger partial charge on any atom is -0.481 e. The molecule has 0 bridgehead atoms. The Balaban J connectivity index is 1.66. The van der Waals surface area contributed by atoms with E-state index < -0.39 is 0 Å². The van der Waals surface area contributed by atoms with Crippen molar-refractivity contribution < 1.29 is 9.53 Å². The Morgan fingerprint density at radius 3 is 2.57 bits per heavy atom. The number of methoxy groups -OCH3 is 1. The molecule has 23 heavy (non-hydrogen) atoms. The summed E-state index contributed by atoms with van der Waals surface area (Å²) < 4.78 is 5.13. The van der Waals surface area contributed by atoms with Gasteiger partial charge in [0.15, 0.2) is 0 Å². The van der Waals surface area contributed by atoms with Crippen molar-refractivity contribution in [3.05, 3.63) is 27.8 Å². The van der Waals surface area contributed by atoms with E-state index in [1.54, 1.807) is 19.4 Å². The van der Waals surface area contributed by atoms with E-state index in [1.807, 2.05) is 18.7 Å². The van der Waals surface area contributed by atoms with Gasteiger partial charge in [0.1, 0.15) is 4.88 Å². The Hall–Kier alpha value is -2.22. The second-order valence-corrected chi connectivity index (χ2v) is 6.53. The van der Waals surface area contributed by atoms with E-state index in [0.29, 0.717) is 38.0 Å². The Kier molecular flexibility index (Phi) is 4.42. The van der Waals surface area contributed by atoms with Crippen LogP contribution in [0.5, 0.6) is 5.88 Å². The quantitative estimate of drug-likeness (QED) is 0.848. The summed E-state index contributed by atoms with van der Waals surface area (Å²) in [7, 11) is 1.59. The van der Waals surface area contributed by atoms with E-state index in [-0.39, 0.29) is 5.91 Å². The van der Waals surface area contributed by atoms with Crippen LogP contribution in [0.1, 0.15) is 20.4 Å². The number of carbonyl (C=O) groups excluding carboxylic acids is 1. The van der Waals surface area contributed by atoms with Crippen molar-refractivity contribution in [2.24, 2.45) is 0 Å². The summed E-state index contributed by atoms with van der Waals surface area (Å²) in [5, 5.41) is 0.925. The molecule has 0 aliphatic carbocycles. The van der Waals surface area contributed by atoms with Gasteiger partial charge >= 0.3 is 0 Å². The summed E-state index contributed by atoms with van der Waals surface area (Å²) in [6.07, 6.45) is 1.68. The molecule has 3 heterocycles. The molecule has 8 heteroatoms. The van der Waals surface area contributed by atoms with Gasteiger partial charge in [0.05, 0.1) is 17.8 Å². The molecule has 0 N–H and O–H groups in total. The first-order valence-electron chi connectivity index (χ1n) is 7.44. The van der Waals surface area contributed by atoms with E-state index in [4.69, 9.17) is 4.74 Å². The summed E-state index contributed by atoms with van der Waals surface area (Å²) in [6.45, 7) is 6.51. The normalized spacial score (nSPS) is 14.9. The van der Waals surface area contributed by atoms with E-state index in [2.05, 4.69) is 19.9 Å². The summed E-state index contributed by atoms with van der Waals surface area (Å²) >= 11 is 1.46. The molecule has 1 saturated heterocycles. The van der Waals surface area contributed by atoms with E-state index >= 15 is 0 Å². The molecule has 1 fully saturated rings. The monoisotopic (exact) mass is 333 g/mol. The second-order valence-electron chi connectivity index (χ2n) is 5.33. The van der Waals surface area contributed by atoms with Crippen molar-refractivity contribution in [2.75, 3.05) is 38.2 Å². The summed E-state index contributed by atoms with van der Waals surface area (Å²) in [6, 6.07) is 1.72. The highest BCUT2D eigenvalue weighted by molar-refractivity contribution is 7.13. The number of hydrogen-bond donors (Lipinski definition) is 0. The first-order valence-corrected chi connectivity index (χ1v) is 8.25. The van der Waals surface area contributed by atoms with Gasteiger partial charge in [-0.3, -0.25) is 4.79 Å². The molecular weight excluding hydrogens is 314 g/mol. The van der Waals surface area contributed by atoms with Gasteiger partial charge in [0.25, 0.3) is 5.91 Å². The summed E-state index contributed by atoms with van der Waals surface area (Å²) in [5.41, 5.74) is 0.816. The van der Waals surface area contributed by atoms with Crippen LogP contribution in [0.3, 0.4) is 0 Å². The number of piperazine rings is 1. The number of aromatic nitrogens is 3. The minimum absolute atomic E-state index is 0.0688. The number of ether oxygens (including phenoxy) is 1. The predicted octanol–water partition coefficient (Wildman–Crippen LogP) is 1.52. The van der Waals surface area contributed by atoms with E-state index in [9.17, 15) is 4.79 Å². The molecule has 0 atom stereocenters. The average molecular weight is 333 g/mol. The van der Waals surface area contributed by atoms with Crippen molar-refractivity contribution >= 4 is 23.2 Å². The number of carbonyl (C=O) groups is 1. The van der Waals surface area contributed by atoms with Gasteiger partial charge in [-0.15, -0.1) is 11.3 Å². The van der Waals surface area contributed by atoms with Gasteiger partial charge in [-0.2, -0.15) is 4.98 Å². The third-order valence-corrected chi connectivity index (χ3v) is 4.83. The highest BCUT2D eigenvalue weighted by Crippen LogP contribution is 2.21. The number of aryl methyl sites for hydroxylation is 2. The molecule has 0 saturated carbocycles. The fourth-order valence-electron chi connectivity index (χ4n) is 2.58. The van der Waals surface area contributed by atoms with Gasteiger partial charge in [-0.1, -0.05) is 0 Å². The van der Waals surface area contributed by atoms with E-state index in [0.717, 1.165) is 15.6 Å². The molecule has 0 aromatic carbocycles. The van der Waals surface area contributed by atoms with Crippen LogP contribution in [0.4, 0.5) is 5.95 Å². The third kappa shape index (κ3) is 3.26. The van der Waals surface area contributed by atoms with Crippen LogP contribution in [0, 0.1) is 13.8 Å². The summed E-state index contributed by atoms with van der Waals surface area (Å²) in [4.78, 5) is 30.2. The molecular formula is C15H19N5O2S. The zero-order valence-corrected chi connectivity index (χ0v) is 14.3. The molecule has 0 radical (unpaired) electrons. The first kappa shape index (κ1) is 15.7. The maximum absolute atomic E-state index is 12.6. The Morgan fingerprint density at radius 2 is 1.96 bits per heavy atom. The van der Waals surface area contributed by atoms with Crippen molar-refractivity contribution in [3.63, 3.8) is 0 Å². The molecule has 2 aromatic rings. The van der Waals surface area contributed by atoms with Gasteiger partial charge < -0.3 is 14.5 Å². The van der Waals surface area contributed by atoms with Crippen LogP contribution < -0.4 is 9.64 Å². The lowest BCUT2D eigenvalue weighted by molar-refractivity contribution is 0.0750. The molecule has 7 nitrogen and oxygen atoms in total. The highest BCUT2D eigenvalue weighted by Gasteiger charge is 2.26. The lowest BCUT2D eigenvalue weighted by Gasteiger charge is -2.34. The fraction of sp³-hybridized carbons (Fsp3) is 0.467. The minimum atomic E-state index is 0.0688. The van der Waals surface area contributed by atoms with Crippen molar-refractivity contribution in [2.45, 2.75) is 13.8 Å². The second kappa shape index (κ2) is 6.49. The smallest absolute Gasteiger partial charge is 0.265 e. The lowest BCUT2D eigenvalue weighted by Crippen LogP contribution is -2.49. The lowest BCUT2D eigenvalue weighted by atomic mass is 10.3. The standard InChI is InChI=1S/C15H19N5O2S/c1-10-13(23-11(2)17-10)14(21)19-6-8-20(9-7-19)15-16-5-4-12(18-15)22-3/h4-5H,6-9H2,1-3H3. The molecule has 3 rings (SSSR count). The van der Waals surface area contributed by atoms with Gasteiger partial charge in [0, 0.05) is 38.4 Å². The number of thiazole rings is 1. The van der Waals surface area contributed by atoms with Crippen LogP contribution in [-0.4, -0.2) is 59.0 Å². The Morgan fingerprint density at radius 1 is 1.22 bits per heavy atom. The van der Waals surface area contributed by atoms with Crippen LogP contribution in [0.25, 0.3) is 0 Å². The fourth-order valence-corrected chi connectivity index (χ4v) is 3.47. The van der Waals surface area contributed by atoms with Gasteiger partial charge in [0.2, 0.25) is 11.8 Å². The van der Waals surface area contributed by atoms with Crippen molar-refractivity contribution in [3.8, 4) is 5.88 Å². The number of hydrogen-bond acceptors (Lipinski definition) is 7. The molecule has 0 spiro atoms. The number of nitrogens with zero attached hydrogens (tertiary/aromatic N) is 5. The highest BCUT2D eigenvalue weighted by atomic mass is 32.1. The van der Waals surface area contributed by atoms with Crippen molar-refractivity contribution in [1.29, 1.82) is 0 Å².